The van der Waals surface area contributed by atoms with Gasteiger partial charge in [0.15, 0.2) is 0 Å². The Labute approximate surface area is 55.5 Å². The Hall–Kier alpha value is -0.790. The first-order valence-corrected chi connectivity index (χ1v) is 2.99. The maximum Gasteiger partial charge on any atom is 0.333 e. The summed E-state index contributed by atoms with van der Waals surface area (Å²) >= 11 is 0. The third-order valence-electron chi connectivity index (χ3n) is 1.18. The van der Waals surface area contributed by atoms with E-state index in [0.717, 1.165) is 12.0 Å². The second-order valence-electron chi connectivity index (χ2n) is 1.66. The Morgan fingerprint density at radius 1 is 1.67 bits per heavy atom. The Morgan fingerprint density at radius 3 is 2.33 bits per heavy atom. The van der Waals surface area contributed by atoms with Gasteiger partial charge in [-0.15, -0.1) is 0 Å². The molecule has 0 N–H and O–H groups in total. The zero-order valence-corrected chi connectivity index (χ0v) is 6.10. The molecule has 0 unspecified atom stereocenters. The summed E-state index contributed by atoms with van der Waals surface area (Å²) in [5.74, 6) is -0.222. The van der Waals surface area contributed by atoms with Crippen molar-refractivity contribution in [1.82, 2.24) is 0 Å². The van der Waals surface area contributed by atoms with Crippen LogP contribution in [0.25, 0.3) is 0 Å². The van der Waals surface area contributed by atoms with Gasteiger partial charge >= 0.3 is 5.97 Å². The van der Waals surface area contributed by atoms with E-state index in [4.69, 9.17) is 0 Å². The maximum atomic E-state index is 10.7. The minimum Gasteiger partial charge on any atom is -0.466 e. The summed E-state index contributed by atoms with van der Waals surface area (Å²) in [5, 5.41) is 0. The zero-order chi connectivity index (χ0) is 7.28. The predicted octanol–water partition coefficient (Wildman–Crippen LogP) is 1.52. The van der Waals surface area contributed by atoms with E-state index in [1.165, 1.54) is 7.11 Å². The van der Waals surface area contributed by atoms with Gasteiger partial charge in [-0.3, -0.25) is 0 Å². The quantitative estimate of drug-likeness (QED) is 0.416. The van der Waals surface area contributed by atoms with Gasteiger partial charge in [-0.05, 0) is 13.3 Å². The fourth-order valence-corrected chi connectivity index (χ4v) is 0.597. The minimum absolute atomic E-state index is 0.222. The Bertz CT molecular complexity index is 125. The standard InChI is InChI=1S/C7H12O2/c1-4-6(5-2)7(8)9-3/h4H,5H2,1-3H3/b6-4+. The van der Waals surface area contributed by atoms with E-state index in [9.17, 15) is 4.79 Å². The highest BCUT2D eigenvalue weighted by Gasteiger charge is 2.03. The molecule has 0 heterocycles. The molecule has 0 aromatic rings. The first-order chi connectivity index (χ1) is 4.26. The third-order valence-corrected chi connectivity index (χ3v) is 1.18. The molecule has 0 spiro atoms. The first kappa shape index (κ1) is 8.21. The fraction of sp³-hybridized carbons (Fsp3) is 0.571. The predicted molar refractivity (Wildman–Crippen MR) is 36.1 cm³/mol. The zero-order valence-electron chi connectivity index (χ0n) is 6.10. The highest BCUT2D eigenvalue weighted by molar-refractivity contribution is 5.88. The summed E-state index contributed by atoms with van der Waals surface area (Å²) in [5.41, 5.74) is 0.734. The van der Waals surface area contributed by atoms with Gasteiger partial charge in [0.05, 0.1) is 7.11 Å². The van der Waals surface area contributed by atoms with Gasteiger partial charge in [-0.25, -0.2) is 4.79 Å². The highest BCUT2D eigenvalue weighted by Crippen LogP contribution is 2.00. The molecule has 0 amide bonds. The molecule has 52 valence electrons. The first-order valence-electron chi connectivity index (χ1n) is 2.99. The SMILES string of the molecule is C/C=C(\CC)C(=O)OC. The summed E-state index contributed by atoms with van der Waals surface area (Å²) in [6, 6.07) is 0. The van der Waals surface area contributed by atoms with Gasteiger partial charge < -0.3 is 4.74 Å². The van der Waals surface area contributed by atoms with Crippen molar-refractivity contribution in [3.63, 3.8) is 0 Å². The van der Waals surface area contributed by atoms with E-state index in [0.29, 0.717) is 0 Å². The van der Waals surface area contributed by atoms with E-state index in [1.807, 2.05) is 13.8 Å². The van der Waals surface area contributed by atoms with Gasteiger partial charge in [0.2, 0.25) is 0 Å². The van der Waals surface area contributed by atoms with Crippen LogP contribution < -0.4 is 0 Å². The molecule has 0 saturated heterocycles. The lowest BCUT2D eigenvalue weighted by Gasteiger charge is -1.98. The third kappa shape index (κ3) is 2.31. The summed E-state index contributed by atoms with van der Waals surface area (Å²) in [6.07, 6.45) is 2.51. The molecule has 0 aromatic heterocycles. The monoisotopic (exact) mass is 128 g/mol. The second kappa shape index (κ2) is 4.13. The van der Waals surface area contributed by atoms with Crippen LogP contribution in [0.15, 0.2) is 11.6 Å². The number of hydrogen-bond acceptors (Lipinski definition) is 2. The molecule has 2 nitrogen and oxygen atoms in total. The highest BCUT2D eigenvalue weighted by atomic mass is 16.5. The van der Waals surface area contributed by atoms with Crippen molar-refractivity contribution in [2.75, 3.05) is 7.11 Å². The molecule has 2 heteroatoms. The molecular weight excluding hydrogens is 116 g/mol. The van der Waals surface area contributed by atoms with Crippen LogP contribution >= 0.6 is 0 Å². The lowest BCUT2D eigenvalue weighted by Crippen LogP contribution is -2.02. The molecular formula is C7H12O2. The number of rotatable bonds is 2. The van der Waals surface area contributed by atoms with E-state index < -0.39 is 0 Å². The molecule has 0 aliphatic heterocycles. The van der Waals surface area contributed by atoms with Crippen LogP contribution in [0.1, 0.15) is 20.3 Å². The van der Waals surface area contributed by atoms with Crippen LogP contribution in [0.4, 0.5) is 0 Å². The molecule has 0 aliphatic carbocycles. The molecule has 0 saturated carbocycles. The number of carbonyl (C=O) groups is 1. The minimum atomic E-state index is -0.222. The van der Waals surface area contributed by atoms with Crippen molar-refractivity contribution in [1.29, 1.82) is 0 Å². The van der Waals surface area contributed by atoms with Crippen molar-refractivity contribution in [2.24, 2.45) is 0 Å². The van der Waals surface area contributed by atoms with E-state index in [2.05, 4.69) is 4.74 Å². The van der Waals surface area contributed by atoms with Gasteiger partial charge in [0, 0.05) is 5.57 Å². The number of methoxy groups -OCH3 is 1. The lowest BCUT2D eigenvalue weighted by atomic mass is 10.2. The van der Waals surface area contributed by atoms with Crippen LogP contribution in [0.3, 0.4) is 0 Å². The molecule has 0 atom stereocenters. The van der Waals surface area contributed by atoms with Crippen LogP contribution in [0.5, 0.6) is 0 Å². The van der Waals surface area contributed by atoms with Crippen LogP contribution in [-0.4, -0.2) is 13.1 Å². The number of hydrogen-bond donors (Lipinski definition) is 0. The maximum absolute atomic E-state index is 10.7. The second-order valence-corrected chi connectivity index (χ2v) is 1.66. The van der Waals surface area contributed by atoms with Crippen LogP contribution in [-0.2, 0) is 9.53 Å². The Balaban J connectivity index is 3.97. The Kier molecular flexibility index (Phi) is 3.76. The van der Waals surface area contributed by atoms with Crippen molar-refractivity contribution in [3.05, 3.63) is 11.6 Å². The van der Waals surface area contributed by atoms with Gasteiger partial charge in [0.25, 0.3) is 0 Å². The molecule has 0 fully saturated rings. The molecule has 0 rings (SSSR count). The normalized spacial score (nSPS) is 11.2. The number of allylic oxidation sites excluding steroid dienone is 1. The fourth-order valence-electron chi connectivity index (χ4n) is 0.597. The average molecular weight is 128 g/mol. The summed E-state index contributed by atoms with van der Waals surface area (Å²) in [6.45, 7) is 3.75. The molecule has 9 heavy (non-hydrogen) atoms. The number of ether oxygens (including phenoxy) is 1. The van der Waals surface area contributed by atoms with Gasteiger partial charge in [0.1, 0.15) is 0 Å². The van der Waals surface area contributed by atoms with Crippen molar-refractivity contribution in [3.8, 4) is 0 Å². The van der Waals surface area contributed by atoms with E-state index in [1.54, 1.807) is 6.08 Å². The van der Waals surface area contributed by atoms with E-state index in [-0.39, 0.29) is 5.97 Å². The average Bonchev–Trinajstić information content (AvgIpc) is 1.90. The smallest absolute Gasteiger partial charge is 0.333 e. The Morgan fingerprint density at radius 2 is 2.22 bits per heavy atom. The summed E-state index contributed by atoms with van der Waals surface area (Å²) in [4.78, 5) is 10.7. The van der Waals surface area contributed by atoms with Gasteiger partial charge in [-0.2, -0.15) is 0 Å². The summed E-state index contributed by atoms with van der Waals surface area (Å²) < 4.78 is 4.49. The van der Waals surface area contributed by atoms with Crippen LogP contribution in [0.2, 0.25) is 0 Å². The number of esters is 1. The summed E-state index contributed by atoms with van der Waals surface area (Å²) in [7, 11) is 1.39. The van der Waals surface area contributed by atoms with E-state index >= 15 is 0 Å². The molecule has 0 aliphatic rings. The largest absolute Gasteiger partial charge is 0.466 e. The molecule has 0 aromatic carbocycles. The van der Waals surface area contributed by atoms with Crippen molar-refractivity contribution in [2.45, 2.75) is 20.3 Å². The lowest BCUT2D eigenvalue weighted by molar-refractivity contribution is -0.136. The van der Waals surface area contributed by atoms with Gasteiger partial charge in [-0.1, -0.05) is 13.0 Å². The molecule has 0 bridgehead atoms. The number of carbonyl (C=O) groups excluding carboxylic acids is 1. The molecule has 0 radical (unpaired) electrons. The van der Waals surface area contributed by atoms with Crippen molar-refractivity contribution < 1.29 is 9.53 Å². The van der Waals surface area contributed by atoms with Crippen molar-refractivity contribution >= 4 is 5.97 Å². The van der Waals surface area contributed by atoms with Crippen LogP contribution in [0, 0.1) is 0 Å². The topological polar surface area (TPSA) is 26.3 Å².